The number of ether oxygens (including phenoxy) is 1. The first-order valence-corrected chi connectivity index (χ1v) is 11.0. The molecule has 0 bridgehead atoms. The lowest BCUT2D eigenvalue weighted by Gasteiger charge is -2.35. The molecule has 1 saturated heterocycles. The van der Waals surface area contributed by atoms with E-state index >= 15 is 0 Å². The summed E-state index contributed by atoms with van der Waals surface area (Å²) in [6, 6.07) is 5.92. The number of nitrogens with one attached hydrogen (secondary N) is 2. The van der Waals surface area contributed by atoms with Crippen molar-refractivity contribution in [2.45, 2.75) is 31.3 Å². The molecule has 0 unspecified atom stereocenters. The number of piperazine rings is 1. The molecule has 8 nitrogen and oxygen atoms in total. The molecule has 0 aliphatic carbocycles. The van der Waals surface area contributed by atoms with E-state index < -0.39 is 5.60 Å². The van der Waals surface area contributed by atoms with Gasteiger partial charge >= 0.3 is 6.09 Å². The monoisotopic (exact) mass is 429 g/mol. The van der Waals surface area contributed by atoms with Gasteiger partial charge in [0.2, 0.25) is 0 Å². The molecule has 1 aromatic carbocycles. The molecule has 160 valence electrons. The Labute approximate surface area is 180 Å². The summed E-state index contributed by atoms with van der Waals surface area (Å²) in [5.41, 5.74) is 1.31. The van der Waals surface area contributed by atoms with E-state index in [0.29, 0.717) is 24.5 Å². The van der Waals surface area contributed by atoms with Crippen LogP contribution in [0.5, 0.6) is 0 Å². The molecule has 30 heavy (non-hydrogen) atoms. The Hall–Kier alpha value is -2.52. The number of aromatic amines is 1. The first kappa shape index (κ1) is 20.7. The number of hydrogen-bond acceptors (Lipinski definition) is 6. The number of thioether (sulfide) groups is 1. The van der Waals surface area contributed by atoms with E-state index in [1.807, 2.05) is 45.0 Å². The summed E-state index contributed by atoms with van der Waals surface area (Å²) in [7, 11) is 0. The quantitative estimate of drug-likeness (QED) is 0.777. The van der Waals surface area contributed by atoms with Gasteiger partial charge in [0.05, 0.1) is 16.1 Å². The molecular weight excluding hydrogens is 402 g/mol. The summed E-state index contributed by atoms with van der Waals surface area (Å²) in [4.78, 5) is 30.5. The number of benzene rings is 1. The number of carbonyl (C=O) groups is 2. The van der Waals surface area contributed by atoms with Crippen LogP contribution in [0.25, 0.3) is 17.0 Å². The number of nitrogens with zero attached hydrogens (tertiary/aromatic N) is 3. The highest BCUT2D eigenvalue weighted by Gasteiger charge is 2.26. The fourth-order valence-electron chi connectivity index (χ4n) is 3.54. The van der Waals surface area contributed by atoms with Gasteiger partial charge in [0.15, 0.2) is 0 Å². The highest BCUT2D eigenvalue weighted by Crippen LogP contribution is 2.39. The number of amides is 2. The van der Waals surface area contributed by atoms with Crippen LogP contribution in [-0.2, 0) is 9.53 Å². The predicted molar refractivity (Wildman–Crippen MR) is 117 cm³/mol. The Morgan fingerprint density at radius 1 is 1.23 bits per heavy atom. The number of hydrogen-bond donors (Lipinski definition) is 2. The SMILES string of the molecule is CC(C)(C)OC(=O)N1CCN(CCNC(=O)C2=Cc3[nH]nc4cccc(c34)S2)CC1. The Bertz CT molecular complexity index is 986. The van der Waals surface area contributed by atoms with Gasteiger partial charge in [0, 0.05) is 49.6 Å². The second kappa shape index (κ2) is 8.31. The lowest BCUT2D eigenvalue weighted by Crippen LogP contribution is -2.51. The number of carbonyl (C=O) groups excluding carboxylic acids is 2. The lowest BCUT2D eigenvalue weighted by molar-refractivity contribution is -0.116. The molecule has 2 aromatic rings. The maximum atomic E-state index is 12.6. The van der Waals surface area contributed by atoms with Crippen LogP contribution in [0.2, 0.25) is 0 Å². The van der Waals surface area contributed by atoms with Crippen LogP contribution in [0.1, 0.15) is 26.5 Å². The summed E-state index contributed by atoms with van der Waals surface area (Å²) in [6.45, 7) is 9.73. The summed E-state index contributed by atoms with van der Waals surface area (Å²) in [5, 5.41) is 11.4. The summed E-state index contributed by atoms with van der Waals surface area (Å²) in [5.74, 6) is -0.0790. The number of rotatable bonds is 4. The van der Waals surface area contributed by atoms with E-state index in [-0.39, 0.29) is 12.0 Å². The van der Waals surface area contributed by atoms with Gasteiger partial charge < -0.3 is 15.0 Å². The van der Waals surface area contributed by atoms with Gasteiger partial charge in [-0.1, -0.05) is 17.8 Å². The van der Waals surface area contributed by atoms with Crippen LogP contribution in [0, 0.1) is 0 Å². The zero-order chi connectivity index (χ0) is 21.3. The Kier molecular flexibility index (Phi) is 5.75. The van der Waals surface area contributed by atoms with E-state index in [1.165, 1.54) is 11.8 Å². The third-order valence-electron chi connectivity index (χ3n) is 5.03. The predicted octanol–water partition coefficient (Wildman–Crippen LogP) is 2.68. The molecule has 0 atom stereocenters. The molecule has 9 heteroatoms. The minimum Gasteiger partial charge on any atom is -0.444 e. The van der Waals surface area contributed by atoms with E-state index in [0.717, 1.165) is 41.1 Å². The fraction of sp³-hybridized carbons (Fsp3) is 0.476. The molecule has 2 aliphatic rings. The topological polar surface area (TPSA) is 90.6 Å². The lowest BCUT2D eigenvalue weighted by atomic mass is 10.2. The van der Waals surface area contributed by atoms with Gasteiger partial charge in [0.25, 0.3) is 5.91 Å². The number of H-pyrrole nitrogens is 1. The van der Waals surface area contributed by atoms with Gasteiger partial charge in [-0.25, -0.2) is 4.79 Å². The normalized spacial score (nSPS) is 17.0. The Balaban J connectivity index is 1.23. The maximum absolute atomic E-state index is 12.6. The van der Waals surface area contributed by atoms with Crippen LogP contribution in [0.4, 0.5) is 4.79 Å². The molecule has 0 saturated carbocycles. The Morgan fingerprint density at radius 2 is 2.00 bits per heavy atom. The van der Waals surface area contributed by atoms with Gasteiger partial charge in [-0.05, 0) is 39.0 Å². The van der Waals surface area contributed by atoms with Crippen molar-refractivity contribution < 1.29 is 14.3 Å². The first-order chi connectivity index (χ1) is 14.3. The first-order valence-electron chi connectivity index (χ1n) is 10.2. The molecule has 2 aliphatic heterocycles. The standard InChI is InChI=1S/C21H27N5O3S/c1-21(2,3)29-20(28)26-11-9-25(10-12-26)8-7-22-19(27)17-13-15-18-14(23-24-15)5-4-6-16(18)30-17/h4-6,13H,7-12H2,1-3H3,(H,22,27)(H,23,24). The highest BCUT2D eigenvalue weighted by molar-refractivity contribution is 8.04. The molecule has 2 N–H and O–H groups in total. The van der Waals surface area contributed by atoms with Gasteiger partial charge in [-0.2, -0.15) is 5.10 Å². The third kappa shape index (κ3) is 4.62. The van der Waals surface area contributed by atoms with Crippen LogP contribution >= 0.6 is 11.8 Å². The molecular formula is C21H27N5O3S. The molecule has 0 spiro atoms. The highest BCUT2D eigenvalue weighted by atomic mass is 32.2. The van der Waals surface area contributed by atoms with Crippen molar-refractivity contribution in [1.29, 1.82) is 0 Å². The smallest absolute Gasteiger partial charge is 0.410 e. The zero-order valence-corrected chi connectivity index (χ0v) is 18.3. The van der Waals surface area contributed by atoms with Crippen molar-refractivity contribution in [3.05, 3.63) is 28.8 Å². The van der Waals surface area contributed by atoms with Crippen LogP contribution in [0.15, 0.2) is 28.0 Å². The Morgan fingerprint density at radius 3 is 2.73 bits per heavy atom. The van der Waals surface area contributed by atoms with Gasteiger partial charge in [0.1, 0.15) is 5.60 Å². The van der Waals surface area contributed by atoms with Crippen molar-refractivity contribution in [3.63, 3.8) is 0 Å². The maximum Gasteiger partial charge on any atom is 0.410 e. The van der Waals surface area contributed by atoms with E-state index in [2.05, 4.69) is 20.4 Å². The van der Waals surface area contributed by atoms with Crippen LogP contribution < -0.4 is 5.32 Å². The molecule has 1 fully saturated rings. The van der Waals surface area contributed by atoms with E-state index in [4.69, 9.17) is 4.74 Å². The van der Waals surface area contributed by atoms with Crippen molar-refractivity contribution in [3.8, 4) is 0 Å². The molecule has 2 amide bonds. The molecule has 4 rings (SSSR count). The minimum absolute atomic E-state index is 0.0790. The van der Waals surface area contributed by atoms with Crippen LogP contribution in [0.3, 0.4) is 0 Å². The summed E-state index contributed by atoms with van der Waals surface area (Å²) >= 11 is 1.47. The average Bonchev–Trinajstić information content (AvgIpc) is 3.12. The van der Waals surface area contributed by atoms with Crippen molar-refractivity contribution in [2.75, 3.05) is 39.3 Å². The van der Waals surface area contributed by atoms with Crippen molar-refractivity contribution >= 4 is 40.7 Å². The summed E-state index contributed by atoms with van der Waals surface area (Å²) in [6.07, 6.45) is 1.60. The summed E-state index contributed by atoms with van der Waals surface area (Å²) < 4.78 is 5.43. The minimum atomic E-state index is -0.479. The number of aromatic nitrogens is 2. The van der Waals surface area contributed by atoms with Gasteiger partial charge in [-0.15, -0.1) is 0 Å². The molecule has 1 aromatic heterocycles. The zero-order valence-electron chi connectivity index (χ0n) is 17.5. The fourth-order valence-corrected chi connectivity index (χ4v) is 4.58. The largest absolute Gasteiger partial charge is 0.444 e. The second-order valence-corrected chi connectivity index (χ2v) is 9.55. The van der Waals surface area contributed by atoms with Crippen molar-refractivity contribution in [2.24, 2.45) is 0 Å². The van der Waals surface area contributed by atoms with E-state index in [9.17, 15) is 9.59 Å². The van der Waals surface area contributed by atoms with Crippen molar-refractivity contribution in [1.82, 2.24) is 25.3 Å². The molecule has 3 heterocycles. The second-order valence-electron chi connectivity index (χ2n) is 8.46. The van der Waals surface area contributed by atoms with Crippen LogP contribution in [-0.4, -0.2) is 76.9 Å². The van der Waals surface area contributed by atoms with Gasteiger partial charge in [-0.3, -0.25) is 14.8 Å². The third-order valence-corrected chi connectivity index (χ3v) is 6.11. The average molecular weight is 430 g/mol. The molecule has 0 radical (unpaired) electrons. The van der Waals surface area contributed by atoms with E-state index in [1.54, 1.807) is 4.90 Å².